The lowest BCUT2D eigenvalue weighted by molar-refractivity contribution is -0.141. The van der Waals surface area contributed by atoms with Crippen LogP contribution in [0.1, 0.15) is 51.4 Å². The van der Waals surface area contributed by atoms with E-state index in [-0.39, 0.29) is 31.1 Å². The van der Waals surface area contributed by atoms with Gasteiger partial charge in [-0.1, -0.05) is 19.3 Å². The molecule has 21 heavy (non-hydrogen) atoms. The Kier molecular flexibility index (Phi) is 6.65. The average Bonchev–Trinajstić information content (AvgIpc) is 2.38. The quantitative estimate of drug-likeness (QED) is 0.743. The fourth-order valence-electron chi connectivity index (χ4n) is 2.97. The summed E-state index contributed by atoms with van der Waals surface area (Å²) in [6.45, 7) is 0.305. The van der Waals surface area contributed by atoms with Crippen LogP contribution in [0.15, 0.2) is 0 Å². The Morgan fingerprint density at radius 1 is 1.10 bits per heavy atom. The number of rotatable bonds is 7. The van der Waals surface area contributed by atoms with E-state index < -0.39 is 11.4 Å². The molecule has 0 aromatic rings. The van der Waals surface area contributed by atoms with Gasteiger partial charge < -0.3 is 15.3 Å². The highest BCUT2D eigenvalue weighted by Crippen LogP contribution is 2.42. The first-order valence-corrected chi connectivity index (χ1v) is 7.53. The number of aliphatic carboxylic acids is 1. The molecule has 6 heteroatoms. The molecule has 6 nitrogen and oxygen atoms in total. The minimum Gasteiger partial charge on any atom is -0.481 e. The minimum atomic E-state index is -0.840. The van der Waals surface area contributed by atoms with Crippen molar-refractivity contribution in [3.63, 3.8) is 0 Å². The largest absolute Gasteiger partial charge is 0.481 e. The molecule has 1 fully saturated rings. The summed E-state index contributed by atoms with van der Waals surface area (Å²) < 4.78 is 0. The van der Waals surface area contributed by atoms with E-state index in [1.165, 1.54) is 4.90 Å². The van der Waals surface area contributed by atoms with E-state index in [0.717, 1.165) is 32.1 Å². The molecule has 2 N–H and O–H groups in total. The number of hydrogen-bond acceptors (Lipinski definition) is 3. The number of nitrogens with one attached hydrogen (secondary N) is 1. The fourth-order valence-corrected chi connectivity index (χ4v) is 2.97. The molecule has 2 amide bonds. The molecule has 120 valence electrons. The average molecular weight is 298 g/mol. The molecule has 0 atom stereocenters. The summed E-state index contributed by atoms with van der Waals surface area (Å²) >= 11 is 0. The second-order valence-corrected chi connectivity index (χ2v) is 6.20. The van der Waals surface area contributed by atoms with E-state index in [2.05, 4.69) is 5.32 Å². The number of nitrogens with zero attached hydrogens (tertiary/aromatic N) is 1. The van der Waals surface area contributed by atoms with Gasteiger partial charge in [-0.2, -0.15) is 0 Å². The zero-order valence-corrected chi connectivity index (χ0v) is 13.0. The van der Waals surface area contributed by atoms with Gasteiger partial charge in [-0.15, -0.1) is 0 Å². The lowest BCUT2D eigenvalue weighted by Gasteiger charge is -2.35. The molecule has 0 spiro atoms. The number of hydrogen-bond donors (Lipinski definition) is 2. The molecule has 0 saturated heterocycles. The molecular weight excluding hydrogens is 272 g/mol. The number of carbonyl (C=O) groups is 3. The Morgan fingerprint density at radius 2 is 1.71 bits per heavy atom. The third-order valence-corrected chi connectivity index (χ3v) is 4.14. The molecule has 1 aliphatic rings. The summed E-state index contributed by atoms with van der Waals surface area (Å²) in [6, 6.07) is 0. The van der Waals surface area contributed by atoms with Crippen LogP contribution in [0.3, 0.4) is 0 Å². The van der Waals surface area contributed by atoms with E-state index in [4.69, 9.17) is 5.11 Å². The highest BCUT2D eigenvalue weighted by atomic mass is 16.4. The number of carboxylic acid groups (broad SMARTS) is 1. The normalized spacial score (nSPS) is 17.0. The second-order valence-electron chi connectivity index (χ2n) is 6.20. The topological polar surface area (TPSA) is 86.7 Å². The highest BCUT2D eigenvalue weighted by molar-refractivity contribution is 5.80. The fraction of sp³-hybridized carbons (Fsp3) is 0.800. The van der Waals surface area contributed by atoms with E-state index in [1.807, 2.05) is 0 Å². The van der Waals surface area contributed by atoms with Crippen molar-refractivity contribution in [1.82, 2.24) is 10.2 Å². The van der Waals surface area contributed by atoms with Gasteiger partial charge in [-0.25, -0.2) is 0 Å². The van der Waals surface area contributed by atoms with Crippen molar-refractivity contribution in [3.8, 4) is 0 Å². The summed E-state index contributed by atoms with van der Waals surface area (Å²) in [7, 11) is 3.35. The Labute approximate surface area is 125 Å². The first-order chi connectivity index (χ1) is 9.84. The van der Waals surface area contributed by atoms with Gasteiger partial charge in [0, 0.05) is 33.5 Å². The molecule has 0 bridgehead atoms. The number of carboxylic acids is 1. The number of carbonyl (C=O) groups excluding carboxylic acids is 2. The predicted octanol–water partition coefficient (Wildman–Crippen LogP) is 1.40. The standard InChI is InChI=1S/C15H26N2O4/c1-17(2)13(19)6-9-16-12(18)10-15(11-14(20)21)7-4-3-5-8-15/h3-11H2,1-2H3,(H,16,18)(H,20,21). The maximum absolute atomic E-state index is 12.0. The highest BCUT2D eigenvalue weighted by Gasteiger charge is 2.36. The molecule has 1 rings (SSSR count). The van der Waals surface area contributed by atoms with Crippen molar-refractivity contribution in [2.75, 3.05) is 20.6 Å². The van der Waals surface area contributed by atoms with Crippen LogP contribution in [0.2, 0.25) is 0 Å². The van der Waals surface area contributed by atoms with Crippen molar-refractivity contribution >= 4 is 17.8 Å². The van der Waals surface area contributed by atoms with Crippen LogP contribution < -0.4 is 5.32 Å². The van der Waals surface area contributed by atoms with E-state index in [0.29, 0.717) is 6.54 Å². The SMILES string of the molecule is CN(C)C(=O)CCNC(=O)CC1(CC(=O)O)CCCCC1. The first-order valence-electron chi connectivity index (χ1n) is 7.53. The minimum absolute atomic E-state index is 0.0341. The molecule has 0 aromatic carbocycles. The van der Waals surface area contributed by atoms with Gasteiger partial charge in [0.15, 0.2) is 0 Å². The third kappa shape index (κ3) is 6.14. The van der Waals surface area contributed by atoms with Gasteiger partial charge in [0.2, 0.25) is 11.8 Å². The Morgan fingerprint density at radius 3 is 2.24 bits per heavy atom. The van der Waals surface area contributed by atoms with Crippen molar-refractivity contribution in [3.05, 3.63) is 0 Å². The lowest BCUT2D eigenvalue weighted by atomic mass is 9.69. The number of amides is 2. The molecule has 0 aromatic heterocycles. The zero-order valence-electron chi connectivity index (χ0n) is 13.0. The smallest absolute Gasteiger partial charge is 0.303 e. The van der Waals surface area contributed by atoms with Gasteiger partial charge in [-0.3, -0.25) is 14.4 Å². The Hall–Kier alpha value is -1.59. The van der Waals surface area contributed by atoms with E-state index in [9.17, 15) is 14.4 Å². The summed E-state index contributed by atoms with van der Waals surface area (Å²) in [5.41, 5.74) is -0.403. The van der Waals surface area contributed by atoms with Crippen LogP contribution in [-0.4, -0.2) is 48.4 Å². The second kappa shape index (κ2) is 8.00. The first kappa shape index (κ1) is 17.5. The maximum Gasteiger partial charge on any atom is 0.303 e. The summed E-state index contributed by atoms with van der Waals surface area (Å²) in [5, 5.41) is 11.8. The van der Waals surface area contributed by atoms with Crippen LogP contribution in [0.5, 0.6) is 0 Å². The molecule has 0 radical (unpaired) electrons. The van der Waals surface area contributed by atoms with Crippen LogP contribution >= 0.6 is 0 Å². The summed E-state index contributed by atoms with van der Waals surface area (Å²) in [5.74, 6) is -1.02. The molecular formula is C15H26N2O4. The zero-order chi connectivity index (χ0) is 15.9. The van der Waals surface area contributed by atoms with Crippen LogP contribution in [-0.2, 0) is 14.4 Å². The monoisotopic (exact) mass is 298 g/mol. The van der Waals surface area contributed by atoms with Gasteiger partial charge in [0.1, 0.15) is 0 Å². The van der Waals surface area contributed by atoms with E-state index >= 15 is 0 Å². The van der Waals surface area contributed by atoms with Gasteiger partial charge in [0.05, 0.1) is 6.42 Å². The maximum atomic E-state index is 12.0. The van der Waals surface area contributed by atoms with Crippen molar-refractivity contribution in [2.24, 2.45) is 5.41 Å². The van der Waals surface area contributed by atoms with Crippen LogP contribution in [0, 0.1) is 5.41 Å². The van der Waals surface area contributed by atoms with Crippen molar-refractivity contribution in [2.45, 2.75) is 51.4 Å². The van der Waals surface area contributed by atoms with Gasteiger partial charge in [0.25, 0.3) is 0 Å². The van der Waals surface area contributed by atoms with Crippen LogP contribution in [0.4, 0.5) is 0 Å². The summed E-state index contributed by atoms with van der Waals surface area (Å²) in [6.07, 6.45) is 5.24. The molecule has 0 unspecified atom stereocenters. The molecule has 0 heterocycles. The van der Waals surface area contributed by atoms with Crippen molar-refractivity contribution < 1.29 is 19.5 Å². The van der Waals surface area contributed by atoms with Gasteiger partial charge >= 0.3 is 5.97 Å². The Balaban J connectivity index is 2.45. The predicted molar refractivity (Wildman–Crippen MR) is 78.7 cm³/mol. The lowest BCUT2D eigenvalue weighted by Crippen LogP contribution is -2.36. The molecule has 0 aliphatic heterocycles. The summed E-state index contributed by atoms with van der Waals surface area (Å²) in [4.78, 5) is 36.0. The molecule has 1 aliphatic carbocycles. The van der Waals surface area contributed by atoms with Gasteiger partial charge in [-0.05, 0) is 18.3 Å². The Bertz CT molecular complexity index is 387. The third-order valence-electron chi connectivity index (χ3n) is 4.14. The van der Waals surface area contributed by atoms with Crippen LogP contribution in [0.25, 0.3) is 0 Å². The molecule has 1 saturated carbocycles. The van der Waals surface area contributed by atoms with Crippen molar-refractivity contribution in [1.29, 1.82) is 0 Å². The van der Waals surface area contributed by atoms with E-state index in [1.54, 1.807) is 14.1 Å².